The third-order valence-electron chi connectivity index (χ3n) is 2.33. The van der Waals surface area contributed by atoms with Crippen molar-refractivity contribution in [3.05, 3.63) is 51.4 Å². The molecule has 0 atom stereocenters. The minimum atomic E-state index is -0.436. The number of nitrogens with zero attached hydrogens (tertiary/aromatic N) is 1. The van der Waals surface area contributed by atoms with Crippen LogP contribution < -0.4 is 11.3 Å². The number of nitrogens with one attached hydrogen (secondary N) is 1. The fourth-order valence-electron chi connectivity index (χ4n) is 1.52. The molecule has 0 bridgehead atoms. The van der Waals surface area contributed by atoms with E-state index in [0.29, 0.717) is 11.4 Å². The molecule has 0 radical (unpaired) electrons. The van der Waals surface area contributed by atoms with Crippen molar-refractivity contribution in [2.24, 2.45) is 5.84 Å². The molecule has 0 unspecified atom stereocenters. The number of anilines is 1. The summed E-state index contributed by atoms with van der Waals surface area (Å²) in [4.78, 5) is 10.4. The van der Waals surface area contributed by atoms with Gasteiger partial charge in [-0.3, -0.25) is 16.0 Å². The normalized spacial score (nSPS) is 10.3. The van der Waals surface area contributed by atoms with Crippen LogP contribution in [0.4, 0.5) is 11.4 Å². The Morgan fingerprint density at radius 2 is 2.22 bits per heavy atom. The molecule has 5 nitrogen and oxygen atoms in total. The van der Waals surface area contributed by atoms with E-state index in [4.69, 9.17) is 5.84 Å². The van der Waals surface area contributed by atoms with Gasteiger partial charge in [0.25, 0.3) is 5.69 Å². The number of nitrogen functional groups attached to an aromatic ring is 1. The molecule has 0 aliphatic heterocycles. The first-order valence-electron chi connectivity index (χ1n) is 5.11. The molecule has 0 fully saturated rings. The summed E-state index contributed by atoms with van der Waals surface area (Å²) in [7, 11) is 0. The lowest BCUT2D eigenvalue weighted by Crippen LogP contribution is -2.11. The van der Waals surface area contributed by atoms with Crippen LogP contribution in [0.15, 0.2) is 39.9 Å². The van der Waals surface area contributed by atoms with Crippen LogP contribution in [0.2, 0.25) is 0 Å². The van der Waals surface area contributed by atoms with Gasteiger partial charge in [-0.25, -0.2) is 0 Å². The van der Waals surface area contributed by atoms with Crippen LogP contribution >= 0.6 is 23.1 Å². The molecule has 0 aliphatic rings. The lowest BCUT2D eigenvalue weighted by Gasteiger charge is -2.08. The number of nitro groups is 1. The standard InChI is InChI=1S/C11H11N3O2S2/c12-13-11-8(3-1-4-9(11)14(15)16)7-18-10-5-2-6-17-10/h1-6,13H,7,12H2. The number of benzene rings is 1. The average Bonchev–Trinajstić information content (AvgIpc) is 2.88. The van der Waals surface area contributed by atoms with Gasteiger partial charge in [-0.05, 0) is 17.0 Å². The predicted molar refractivity (Wildman–Crippen MR) is 74.8 cm³/mol. The quantitative estimate of drug-likeness (QED) is 0.380. The molecule has 18 heavy (non-hydrogen) atoms. The topological polar surface area (TPSA) is 81.2 Å². The van der Waals surface area contributed by atoms with E-state index in [1.807, 2.05) is 23.6 Å². The highest BCUT2D eigenvalue weighted by molar-refractivity contribution is 8.00. The highest BCUT2D eigenvalue weighted by Crippen LogP contribution is 2.33. The molecule has 1 heterocycles. The minimum Gasteiger partial charge on any atom is -0.318 e. The largest absolute Gasteiger partial charge is 0.318 e. The second-order valence-corrected chi connectivity index (χ2v) is 5.66. The first kappa shape index (κ1) is 12.9. The SMILES string of the molecule is NNc1c(CSc2cccs2)cccc1[N+](=O)[O-]. The Morgan fingerprint density at radius 3 is 2.83 bits per heavy atom. The lowest BCUT2D eigenvalue weighted by atomic mass is 10.2. The monoisotopic (exact) mass is 281 g/mol. The summed E-state index contributed by atoms with van der Waals surface area (Å²) in [6, 6.07) is 8.94. The van der Waals surface area contributed by atoms with Crippen molar-refractivity contribution < 1.29 is 4.92 Å². The summed E-state index contributed by atoms with van der Waals surface area (Å²) >= 11 is 3.27. The van der Waals surface area contributed by atoms with E-state index in [9.17, 15) is 10.1 Å². The highest BCUT2D eigenvalue weighted by Gasteiger charge is 2.16. The number of thioether (sulfide) groups is 1. The van der Waals surface area contributed by atoms with E-state index >= 15 is 0 Å². The van der Waals surface area contributed by atoms with Gasteiger partial charge in [0, 0.05) is 11.8 Å². The maximum absolute atomic E-state index is 10.9. The van der Waals surface area contributed by atoms with Crippen molar-refractivity contribution in [1.82, 2.24) is 0 Å². The van der Waals surface area contributed by atoms with Gasteiger partial charge in [-0.2, -0.15) is 0 Å². The molecule has 0 aliphatic carbocycles. The number of thiophene rings is 1. The Balaban J connectivity index is 2.22. The van der Waals surface area contributed by atoms with Gasteiger partial charge in [-0.1, -0.05) is 18.2 Å². The first-order chi connectivity index (χ1) is 8.72. The zero-order valence-corrected chi connectivity index (χ0v) is 11.0. The zero-order valence-electron chi connectivity index (χ0n) is 9.33. The van der Waals surface area contributed by atoms with Gasteiger partial charge in [0.1, 0.15) is 5.69 Å². The van der Waals surface area contributed by atoms with Crippen molar-refractivity contribution in [3.8, 4) is 0 Å². The van der Waals surface area contributed by atoms with E-state index in [-0.39, 0.29) is 5.69 Å². The number of nitrogens with two attached hydrogens (primary N) is 1. The summed E-state index contributed by atoms with van der Waals surface area (Å²) in [6.07, 6.45) is 0. The Bertz CT molecular complexity index is 543. The van der Waals surface area contributed by atoms with Gasteiger partial charge < -0.3 is 5.43 Å². The van der Waals surface area contributed by atoms with Gasteiger partial charge in [0.2, 0.25) is 0 Å². The molecule has 2 aromatic rings. The smallest absolute Gasteiger partial charge is 0.293 e. The van der Waals surface area contributed by atoms with Crippen LogP contribution in [0, 0.1) is 10.1 Å². The van der Waals surface area contributed by atoms with E-state index in [2.05, 4.69) is 5.43 Å². The fraction of sp³-hybridized carbons (Fsp3) is 0.0909. The number of rotatable bonds is 5. The van der Waals surface area contributed by atoms with E-state index in [1.165, 1.54) is 10.3 Å². The van der Waals surface area contributed by atoms with Crippen LogP contribution in [-0.4, -0.2) is 4.92 Å². The summed E-state index contributed by atoms with van der Waals surface area (Å²) in [5.74, 6) is 6.02. The Labute approximate surface area is 112 Å². The summed E-state index contributed by atoms with van der Waals surface area (Å²) in [5, 5.41) is 12.9. The second kappa shape index (κ2) is 5.85. The van der Waals surface area contributed by atoms with Crippen LogP contribution in [0.3, 0.4) is 0 Å². The number of nitro benzene ring substituents is 1. The van der Waals surface area contributed by atoms with Gasteiger partial charge in [0.05, 0.1) is 9.13 Å². The van der Waals surface area contributed by atoms with E-state index < -0.39 is 4.92 Å². The van der Waals surface area contributed by atoms with Crippen molar-refractivity contribution >= 4 is 34.5 Å². The number of hydrazine groups is 1. The number of para-hydroxylation sites is 1. The molecule has 94 valence electrons. The highest BCUT2D eigenvalue weighted by atomic mass is 32.2. The van der Waals surface area contributed by atoms with Crippen LogP contribution in [-0.2, 0) is 5.75 Å². The van der Waals surface area contributed by atoms with Gasteiger partial charge >= 0.3 is 0 Å². The molecular formula is C11H11N3O2S2. The maximum atomic E-state index is 10.9. The number of hydrogen-bond acceptors (Lipinski definition) is 6. The molecule has 1 aromatic heterocycles. The zero-order chi connectivity index (χ0) is 13.0. The molecule has 0 spiro atoms. The fourth-order valence-corrected chi connectivity index (χ4v) is 3.30. The summed E-state index contributed by atoms with van der Waals surface area (Å²) in [5.41, 5.74) is 3.63. The summed E-state index contributed by atoms with van der Waals surface area (Å²) < 4.78 is 1.17. The van der Waals surface area contributed by atoms with Crippen molar-refractivity contribution in [1.29, 1.82) is 0 Å². The molecule has 7 heteroatoms. The minimum absolute atomic E-state index is 0.00165. The summed E-state index contributed by atoms with van der Waals surface area (Å²) in [6.45, 7) is 0. The molecular weight excluding hydrogens is 270 g/mol. The average molecular weight is 281 g/mol. The van der Waals surface area contributed by atoms with Crippen LogP contribution in [0.25, 0.3) is 0 Å². The predicted octanol–water partition coefficient (Wildman–Crippen LogP) is 3.23. The molecule has 3 N–H and O–H groups in total. The van der Waals surface area contributed by atoms with E-state index in [1.54, 1.807) is 29.2 Å². The Morgan fingerprint density at radius 1 is 1.39 bits per heavy atom. The molecule has 2 rings (SSSR count). The number of hydrogen-bond donors (Lipinski definition) is 2. The molecule has 0 saturated heterocycles. The third kappa shape index (κ3) is 2.81. The van der Waals surface area contributed by atoms with Gasteiger partial charge in [0.15, 0.2) is 0 Å². The first-order valence-corrected chi connectivity index (χ1v) is 6.98. The van der Waals surface area contributed by atoms with E-state index in [0.717, 1.165) is 5.56 Å². The van der Waals surface area contributed by atoms with Crippen molar-refractivity contribution in [3.63, 3.8) is 0 Å². The van der Waals surface area contributed by atoms with Crippen molar-refractivity contribution in [2.45, 2.75) is 9.96 Å². The van der Waals surface area contributed by atoms with Crippen molar-refractivity contribution in [2.75, 3.05) is 5.43 Å². The maximum Gasteiger partial charge on any atom is 0.293 e. The van der Waals surface area contributed by atoms with Gasteiger partial charge in [-0.15, -0.1) is 23.1 Å². The molecule has 0 amide bonds. The molecule has 1 aromatic carbocycles. The molecule has 0 saturated carbocycles. The lowest BCUT2D eigenvalue weighted by molar-refractivity contribution is -0.384. The van der Waals surface area contributed by atoms with Crippen LogP contribution in [0.1, 0.15) is 5.56 Å². The second-order valence-electron chi connectivity index (χ2n) is 3.43. The van der Waals surface area contributed by atoms with Crippen LogP contribution in [0.5, 0.6) is 0 Å². The third-order valence-corrected chi connectivity index (χ3v) is 4.51. The Kier molecular flexibility index (Phi) is 4.19. The Hall–Kier alpha value is -1.57.